The van der Waals surface area contributed by atoms with Crippen molar-refractivity contribution < 1.29 is 13.9 Å². The molecule has 2 nitrogen and oxygen atoms in total. The van der Waals surface area contributed by atoms with Crippen molar-refractivity contribution in [3.05, 3.63) is 64.4 Å². The average Bonchev–Trinajstić information content (AvgIpc) is 2.40. The number of ether oxygens (including phenoxy) is 1. The summed E-state index contributed by atoms with van der Waals surface area (Å²) < 4.78 is 18.6. The fourth-order valence-corrected chi connectivity index (χ4v) is 1.79. The van der Waals surface area contributed by atoms with E-state index >= 15 is 0 Å². The molecule has 0 aliphatic rings. The van der Waals surface area contributed by atoms with Crippen molar-refractivity contribution in [2.24, 2.45) is 0 Å². The van der Waals surface area contributed by atoms with E-state index < -0.39 is 0 Å². The van der Waals surface area contributed by atoms with Gasteiger partial charge in [0.15, 0.2) is 5.78 Å². The standard InChI is InChI=1S/C15H12ClFO2/c1-10(18)11-3-2-4-14(8-11)19-9-12-7-13(17)5-6-15(12)16/h2-8H,9H2,1H3. The third kappa shape index (κ3) is 3.55. The Hall–Kier alpha value is -1.87. The molecule has 2 rings (SSSR count). The van der Waals surface area contributed by atoms with Crippen LogP contribution in [0.3, 0.4) is 0 Å². The summed E-state index contributed by atoms with van der Waals surface area (Å²) in [6.07, 6.45) is 0. The summed E-state index contributed by atoms with van der Waals surface area (Å²) in [5.74, 6) is 0.155. The molecular formula is C15H12ClFO2. The van der Waals surface area contributed by atoms with Crippen LogP contribution in [0.15, 0.2) is 42.5 Å². The maximum atomic E-state index is 13.1. The van der Waals surface area contributed by atoms with E-state index in [1.807, 2.05) is 0 Å². The van der Waals surface area contributed by atoms with Crippen LogP contribution in [-0.2, 0) is 6.61 Å². The number of Topliss-reactive ketones (excluding diaryl/α,β-unsaturated/α-hetero) is 1. The minimum atomic E-state index is -0.361. The predicted molar refractivity (Wildman–Crippen MR) is 72.2 cm³/mol. The van der Waals surface area contributed by atoms with Crippen molar-refractivity contribution in [2.45, 2.75) is 13.5 Å². The predicted octanol–water partition coefficient (Wildman–Crippen LogP) is 4.26. The van der Waals surface area contributed by atoms with Gasteiger partial charge in [0.05, 0.1) is 0 Å². The zero-order valence-electron chi connectivity index (χ0n) is 10.3. The molecule has 0 amide bonds. The van der Waals surface area contributed by atoms with Crippen LogP contribution in [0.1, 0.15) is 22.8 Å². The molecule has 0 saturated heterocycles. The number of rotatable bonds is 4. The Morgan fingerprint density at radius 2 is 2.05 bits per heavy atom. The fraction of sp³-hybridized carbons (Fsp3) is 0.133. The number of benzene rings is 2. The molecule has 0 fully saturated rings. The molecule has 0 radical (unpaired) electrons. The summed E-state index contributed by atoms with van der Waals surface area (Å²) in [6, 6.07) is 10.9. The monoisotopic (exact) mass is 278 g/mol. The van der Waals surface area contributed by atoms with Crippen LogP contribution < -0.4 is 4.74 Å². The van der Waals surface area contributed by atoms with Crippen molar-refractivity contribution >= 4 is 17.4 Å². The SMILES string of the molecule is CC(=O)c1cccc(OCc2cc(F)ccc2Cl)c1. The Bertz CT molecular complexity index is 611. The molecule has 98 valence electrons. The molecule has 19 heavy (non-hydrogen) atoms. The molecule has 0 aliphatic carbocycles. The first-order chi connectivity index (χ1) is 9.06. The molecule has 0 aliphatic heterocycles. The van der Waals surface area contributed by atoms with Gasteiger partial charge < -0.3 is 4.74 Å². The summed E-state index contributed by atoms with van der Waals surface area (Å²) in [5.41, 5.74) is 1.14. The molecule has 0 heterocycles. The molecule has 0 saturated carbocycles. The molecule has 0 unspecified atom stereocenters. The van der Waals surface area contributed by atoms with Crippen LogP contribution in [0.25, 0.3) is 0 Å². The lowest BCUT2D eigenvalue weighted by molar-refractivity contribution is 0.101. The average molecular weight is 279 g/mol. The van der Waals surface area contributed by atoms with E-state index in [0.717, 1.165) is 0 Å². The number of ketones is 1. The van der Waals surface area contributed by atoms with Gasteiger partial charge in [-0.1, -0.05) is 23.7 Å². The second-order valence-corrected chi connectivity index (χ2v) is 4.52. The maximum Gasteiger partial charge on any atom is 0.159 e. The highest BCUT2D eigenvalue weighted by Crippen LogP contribution is 2.20. The minimum Gasteiger partial charge on any atom is -0.489 e. The molecular weight excluding hydrogens is 267 g/mol. The van der Waals surface area contributed by atoms with Gasteiger partial charge in [-0.15, -0.1) is 0 Å². The smallest absolute Gasteiger partial charge is 0.159 e. The highest BCUT2D eigenvalue weighted by molar-refractivity contribution is 6.31. The zero-order valence-corrected chi connectivity index (χ0v) is 11.1. The molecule has 2 aromatic rings. The van der Waals surface area contributed by atoms with Crippen LogP contribution in [-0.4, -0.2) is 5.78 Å². The highest BCUT2D eigenvalue weighted by atomic mass is 35.5. The van der Waals surface area contributed by atoms with Crippen LogP contribution in [0.5, 0.6) is 5.75 Å². The number of carbonyl (C=O) groups excluding carboxylic acids is 1. The first-order valence-electron chi connectivity index (χ1n) is 5.74. The van der Waals surface area contributed by atoms with E-state index in [2.05, 4.69) is 0 Å². The van der Waals surface area contributed by atoms with Crippen LogP contribution in [0.4, 0.5) is 4.39 Å². The molecule has 0 spiro atoms. The van der Waals surface area contributed by atoms with Gasteiger partial charge in [-0.05, 0) is 37.3 Å². The summed E-state index contributed by atoms with van der Waals surface area (Å²) >= 11 is 5.94. The third-order valence-electron chi connectivity index (χ3n) is 2.64. The highest BCUT2D eigenvalue weighted by Gasteiger charge is 2.05. The number of carbonyl (C=O) groups is 1. The lowest BCUT2D eigenvalue weighted by atomic mass is 10.1. The van der Waals surface area contributed by atoms with E-state index in [4.69, 9.17) is 16.3 Å². The van der Waals surface area contributed by atoms with E-state index in [-0.39, 0.29) is 18.2 Å². The van der Waals surface area contributed by atoms with Gasteiger partial charge in [0, 0.05) is 16.1 Å². The zero-order chi connectivity index (χ0) is 13.8. The van der Waals surface area contributed by atoms with Crippen molar-refractivity contribution in [1.82, 2.24) is 0 Å². The van der Waals surface area contributed by atoms with Gasteiger partial charge in [-0.2, -0.15) is 0 Å². The molecule has 0 N–H and O–H groups in total. The van der Waals surface area contributed by atoms with E-state index in [0.29, 0.717) is 21.9 Å². The van der Waals surface area contributed by atoms with Gasteiger partial charge in [0.25, 0.3) is 0 Å². The van der Waals surface area contributed by atoms with Crippen LogP contribution in [0.2, 0.25) is 5.02 Å². The number of hydrogen-bond donors (Lipinski definition) is 0. The Morgan fingerprint density at radius 3 is 2.79 bits per heavy atom. The molecule has 4 heteroatoms. The quantitative estimate of drug-likeness (QED) is 0.781. The molecule has 0 atom stereocenters. The summed E-state index contributed by atoms with van der Waals surface area (Å²) in [5, 5.41) is 0.448. The van der Waals surface area contributed by atoms with Gasteiger partial charge in [-0.3, -0.25) is 4.79 Å². The van der Waals surface area contributed by atoms with Crippen molar-refractivity contribution in [2.75, 3.05) is 0 Å². The van der Waals surface area contributed by atoms with Crippen molar-refractivity contribution in [1.29, 1.82) is 0 Å². The van der Waals surface area contributed by atoms with Crippen molar-refractivity contribution in [3.63, 3.8) is 0 Å². The Morgan fingerprint density at radius 1 is 1.26 bits per heavy atom. The first-order valence-corrected chi connectivity index (χ1v) is 6.12. The van der Waals surface area contributed by atoms with Crippen LogP contribution >= 0.6 is 11.6 Å². The number of hydrogen-bond acceptors (Lipinski definition) is 2. The number of halogens is 2. The first kappa shape index (κ1) is 13.6. The Labute approximate surface area is 115 Å². The minimum absolute atomic E-state index is 0.0331. The summed E-state index contributed by atoms with van der Waals surface area (Å²) in [4.78, 5) is 11.2. The largest absolute Gasteiger partial charge is 0.489 e. The molecule has 2 aromatic carbocycles. The van der Waals surface area contributed by atoms with Gasteiger partial charge in [-0.25, -0.2) is 4.39 Å². The lowest BCUT2D eigenvalue weighted by Gasteiger charge is -2.08. The lowest BCUT2D eigenvalue weighted by Crippen LogP contribution is -1.99. The van der Waals surface area contributed by atoms with Gasteiger partial charge in [0.2, 0.25) is 0 Å². The summed E-state index contributed by atoms with van der Waals surface area (Å²) in [7, 11) is 0. The second kappa shape index (κ2) is 5.85. The normalized spacial score (nSPS) is 10.3. The maximum absolute atomic E-state index is 13.1. The van der Waals surface area contributed by atoms with Gasteiger partial charge >= 0.3 is 0 Å². The van der Waals surface area contributed by atoms with E-state index in [1.54, 1.807) is 24.3 Å². The Kier molecular flexibility index (Phi) is 4.17. The fourth-order valence-electron chi connectivity index (χ4n) is 1.62. The molecule has 0 aromatic heterocycles. The van der Waals surface area contributed by atoms with E-state index in [9.17, 15) is 9.18 Å². The molecule has 0 bridgehead atoms. The third-order valence-corrected chi connectivity index (χ3v) is 3.01. The van der Waals surface area contributed by atoms with Gasteiger partial charge in [0.1, 0.15) is 18.2 Å². The topological polar surface area (TPSA) is 26.3 Å². The van der Waals surface area contributed by atoms with Crippen molar-refractivity contribution in [3.8, 4) is 5.75 Å². The van der Waals surface area contributed by atoms with E-state index in [1.165, 1.54) is 25.1 Å². The summed E-state index contributed by atoms with van der Waals surface area (Å²) in [6.45, 7) is 1.64. The van der Waals surface area contributed by atoms with Crippen LogP contribution in [0, 0.1) is 5.82 Å². The second-order valence-electron chi connectivity index (χ2n) is 4.11. The Balaban J connectivity index is 2.12.